The lowest BCUT2D eigenvalue weighted by Gasteiger charge is -2.18. The summed E-state index contributed by atoms with van der Waals surface area (Å²) in [4.78, 5) is 29.2. The Morgan fingerprint density at radius 1 is 1.42 bits per heavy atom. The number of ether oxygens (including phenoxy) is 2. The minimum Gasteiger partial charge on any atom is -0.443 e. The summed E-state index contributed by atoms with van der Waals surface area (Å²) in [5, 5.41) is 4.59. The Hall–Kier alpha value is -2.25. The number of hydrogen-bond acceptors (Lipinski definition) is 6. The molecule has 0 saturated carbocycles. The highest BCUT2D eigenvalue weighted by Crippen LogP contribution is 2.21. The van der Waals surface area contributed by atoms with Crippen LogP contribution < -0.4 is 5.32 Å². The van der Waals surface area contributed by atoms with Gasteiger partial charge in [-0.15, -0.1) is 11.3 Å². The second kappa shape index (κ2) is 8.03. The minimum atomic E-state index is -1.03. The number of hydrogen-bond donors (Lipinski definition) is 1. The van der Waals surface area contributed by atoms with E-state index >= 15 is 0 Å². The second-order valence-corrected chi connectivity index (χ2v) is 6.38. The number of amides is 1. The molecule has 1 N–H and O–H groups in total. The van der Waals surface area contributed by atoms with Gasteiger partial charge < -0.3 is 14.8 Å². The maximum Gasteiger partial charge on any atom is 0.349 e. The summed E-state index contributed by atoms with van der Waals surface area (Å²) in [6, 6.07) is 6.84. The fourth-order valence-corrected chi connectivity index (χ4v) is 3.08. The molecule has 1 aliphatic heterocycles. The van der Waals surface area contributed by atoms with Crippen molar-refractivity contribution in [2.45, 2.75) is 25.0 Å². The van der Waals surface area contributed by atoms with Gasteiger partial charge in [0.05, 0.1) is 6.10 Å². The third-order valence-corrected chi connectivity index (χ3v) is 4.55. The number of thiophene rings is 1. The molecule has 1 fully saturated rings. The van der Waals surface area contributed by atoms with Gasteiger partial charge in [-0.3, -0.25) is 9.78 Å². The quantitative estimate of drug-likeness (QED) is 0.813. The van der Waals surface area contributed by atoms with Gasteiger partial charge in [-0.25, -0.2) is 4.79 Å². The van der Waals surface area contributed by atoms with Gasteiger partial charge in [-0.2, -0.15) is 0 Å². The molecule has 2 aromatic heterocycles. The molecule has 7 heteroatoms. The molecule has 0 aromatic carbocycles. The molecule has 0 unspecified atom stereocenters. The predicted octanol–water partition coefficient (Wildman–Crippen LogP) is 2.34. The molecule has 24 heavy (non-hydrogen) atoms. The molecule has 2 aromatic rings. The molecule has 1 amide bonds. The molecular weight excluding hydrogens is 328 g/mol. The van der Waals surface area contributed by atoms with E-state index in [0.717, 1.165) is 19.4 Å². The van der Waals surface area contributed by atoms with Crippen molar-refractivity contribution in [1.29, 1.82) is 0 Å². The zero-order valence-electron chi connectivity index (χ0n) is 13.0. The molecule has 0 spiro atoms. The number of carbonyl (C=O) groups is 2. The molecule has 3 rings (SSSR count). The second-order valence-electron chi connectivity index (χ2n) is 5.43. The Morgan fingerprint density at radius 2 is 2.33 bits per heavy atom. The SMILES string of the molecule is O=C(O[C@@H](C(=O)NC[C@H]1CCCO1)c1cccnc1)c1cccs1. The smallest absolute Gasteiger partial charge is 0.349 e. The zero-order chi connectivity index (χ0) is 16.8. The van der Waals surface area contributed by atoms with E-state index in [4.69, 9.17) is 9.47 Å². The number of rotatable bonds is 6. The van der Waals surface area contributed by atoms with E-state index in [2.05, 4.69) is 10.3 Å². The van der Waals surface area contributed by atoms with Crippen molar-refractivity contribution in [3.05, 3.63) is 52.5 Å². The lowest BCUT2D eigenvalue weighted by molar-refractivity contribution is -0.130. The molecule has 3 heterocycles. The van der Waals surface area contributed by atoms with Crippen LogP contribution in [-0.2, 0) is 14.3 Å². The van der Waals surface area contributed by atoms with Crippen molar-refractivity contribution in [2.24, 2.45) is 0 Å². The molecule has 0 bridgehead atoms. The summed E-state index contributed by atoms with van der Waals surface area (Å²) in [6.07, 6.45) is 4.04. The molecule has 126 valence electrons. The van der Waals surface area contributed by atoms with Crippen LogP contribution in [0, 0.1) is 0 Å². The Labute approximate surface area is 143 Å². The average molecular weight is 346 g/mol. The summed E-state index contributed by atoms with van der Waals surface area (Å²) >= 11 is 1.27. The van der Waals surface area contributed by atoms with Gasteiger partial charge in [-0.05, 0) is 30.4 Å². The fourth-order valence-electron chi connectivity index (χ4n) is 2.48. The van der Waals surface area contributed by atoms with Crippen molar-refractivity contribution >= 4 is 23.2 Å². The van der Waals surface area contributed by atoms with E-state index in [1.165, 1.54) is 17.5 Å². The molecule has 1 aliphatic rings. The van der Waals surface area contributed by atoms with E-state index in [1.807, 2.05) is 0 Å². The molecule has 0 radical (unpaired) electrons. The lowest BCUT2D eigenvalue weighted by Crippen LogP contribution is -2.37. The van der Waals surface area contributed by atoms with Crippen LogP contribution in [0.1, 0.15) is 34.2 Å². The first-order chi connectivity index (χ1) is 11.7. The zero-order valence-corrected chi connectivity index (χ0v) is 13.8. The topological polar surface area (TPSA) is 77.5 Å². The van der Waals surface area contributed by atoms with Gasteiger partial charge in [0, 0.05) is 31.1 Å². The lowest BCUT2D eigenvalue weighted by atomic mass is 10.1. The van der Waals surface area contributed by atoms with Crippen LogP contribution in [0.3, 0.4) is 0 Å². The molecule has 0 aliphatic carbocycles. The third kappa shape index (κ3) is 4.18. The Kier molecular flexibility index (Phi) is 5.55. The van der Waals surface area contributed by atoms with Crippen LogP contribution in [0.15, 0.2) is 42.0 Å². The first-order valence-corrected chi connectivity index (χ1v) is 8.66. The largest absolute Gasteiger partial charge is 0.443 e. The number of nitrogens with one attached hydrogen (secondary N) is 1. The number of esters is 1. The van der Waals surface area contributed by atoms with Crippen LogP contribution in [-0.4, -0.2) is 36.1 Å². The van der Waals surface area contributed by atoms with Crippen LogP contribution in [0.4, 0.5) is 0 Å². The maximum atomic E-state index is 12.5. The van der Waals surface area contributed by atoms with Crippen molar-refractivity contribution in [2.75, 3.05) is 13.2 Å². The summed E-state index contributed by atoms with van der Waals surface area (Å²) in [6.45, 7) is 1.13. The van der Waals surface area contributed by atoms with Crippen molar-refractivity contribution in [3.63, 3.8) is 0 Å². The normalized spacial score (nSPS) is 18.1. The van der Waals surface area contributed by atoms with Crippen LogP contribution in [0.2, 0.25) is 0 Å². The Balaban J connectivity index is 1.69. The van der Waals surface area contributed by atoms with Crippen molar-refractivity contribution < 1.29 is 19.1 Å². The van der Waals surface area contributed by atoms with E-state index in [9.17, 15) is 9.59 Å². The predicted molar refractivity (Wildman–Crippen MR) is 88.7 cm³/mol. The first kappa shape index (κ1) is 16.6. The van der Waals surface area contributed by atoms with E-state index in [-0.39, 0.29) is 12.0 Å². The monoisotopic (exact) mass is 346 g/mol. The fraction of sp³-hybridized carbons (Fsp3) is 0.353. The van der Waals surface area contributed by atoms with Crippen molar-refractivity contribution in [3.8, 4) is 0 Å². The summed E-state index contributed by atoms with van der Waals surface area (Å²) < 4.78 is 10.9. The summed E-state index contributed by atoms with van der Waals surface area (Å²) in [7, 11) is 0. The van der Waals surface area contributed by atoms with E-state index in [1.54, 1.807) is 35.8 Å². The first-order valence-electron chi connectivity index (χ1n) is 7.78. The number of pyridine rings is 1. The van der Waals surface area contributed by atoms with Gasteiger partial charge in [0.1, 0.15) is 4.88 Å². The van der Waals surface area contributed by atoms with Gasteiger partial charge in [0.2, 0.25) is 6.10 Å². The van der Waals surface area contributed by atoms with E-state index in [0.29, 0.717) is 17.0 Å². The highest BCUT2D eigenvalue weighted by molar-refractivity contribution is 7.11. The number of aromatic nitrogens is 1. The maximum absolute atomic E-state index is 12.5. The van der Waals surface area contributed by atoms with Gasteiger partial charge >= 0.3 is 5.97 Å². The van der Waals surface area contributed by atoms with Gasteiger partial charge in [0.25, 0.3) is 5.91 Å². The van der Waals surface area contributed by atoms with Crippen LogP contribution in [0.25, 0.3) is 0 Å². The highest BCUT2D eigenvalue weighted by atomic mass is 32.1. The standard InChI is InChI=1S/C17H18N2O4S/c20-16(19-11-13-5-2-8-22-13)15(12-4-1-7-18-10-12)23-17(21)14-6-3-9-24-14/h1,3-4,6-7,9-10,13,15H,2,5,8,11H2,(H,19,20)/t13-,15-/m1/s1. The summed E-state index contributed by atoms with van der Waals surface area (Å²) in [5.74, 6) is -0.894. The number of carbonyl (C=O) groups excluding carboxylic acids is 2. The molecule has 6 nitrogen and oxygen atoms in total. The Morgan fingerprint density at radius 3 is 3.00 bits per heavy atom. The average Bonchev–Trinajstić information content (AvgIpc) is 3.31. The number of nitrogens with zero attached hydrogens (tertiary/aromatic N) is 1. The third-order valence-electron chi connectivity index (χ3n) is 3.70. The van der Waals surface area contributed by atoms with E-state index < -0.39 is 12.1 Å². The highest BCUT2D eigenvalue weighted by Gasteiger charge is 2.27. The molecular formula is C17H18N2O4S. The van der Waals surface area contributed by atoms with Gasteiger partial charge in [-0.1, -0.05) is 12.1 Å². The van der Waals surface area contributed by atoms with Crippen LogP contribution in [0.5, 0.6) is 0 Å². The van der Waals surface area contributed by atoms with Gasteiger partial charge in [0.15, 0.2) is 0 Å². The summed E-state index contributed by atoms with van der Waals surface area (Å²) in [5.41, 5.74) is 0.534. The minimum absolute atomic E-state index is 0.0245. The Bertz CT molecular complexity index is 669. The van der Waals surface area contributed by atoms with Crippen LogP contribution >= 0.6 is 11.3 Å². The van der Waals surface area contributed by atoms with Crippen molar-refractivity contribution in [1.82, 2.24) is 10.3 Å². The molecule has 2 atom stereocenters. The molecule has 1 saturated heterocycles.